The Morgan fingerprint density at radius 3 is 2.71 bits per heavy atom. The second kappa shape index (κ2) is 6.48. The highest BCUT2D eigenvalue weighted by Crippen LogP contribution is 2.30. The Labute approximate surface area is 142 Å². The zero-order valence-electron chi connectivity index (χ0n) is 14.7. The largest absolute Gasteiger partial charge is 0.463 e. The van der Waals surface area contributed by atoms with Gasteiger partial charge in [0.05, 0.1) is 19.0 Å². The lowest BCUT2D eigenvalue weighted by Crippen LogP contribution is -3.12. The highest BCUT2D eigenvalue weighted by atomic mass is 16.6. The predicted molar refractivity (Wildman–Crippen MR) is 86.2 cm³/mol. The third-order valence-corrected chi connectivity index (χ3v) is 6.16. The van der Waals surface area contributed by atoms with Gasteiger partial charge in [-0.2, -0.15) is 0 Å². The van der Waals surface area contributed by atoms with Crippen molar-refractivity contribution >= 4 is 11.9 Å². The van der Waals surface area contributed by atoms with E-state index in [4.69, 9.17) is 9.47 Å². The van der Waals surface area contributed by atoms with Crippen LogP contribution in [0.15, 0.2) is 11.6 Å². The van der Waals surface area contributed by atoms with Crippen molar-refractivity contribution in [1.82, 2.24) is 0 Å². The fourth-order valence-electron chi connectivity index (χ4n) is 4.33. The molecule has 0 aromatic carbocycles. The van der Waals surface area contributed by atoms with Crippen LogP contribution in [0.5, 0.6) is 0 Å². The summed E-state index contributed by atoms with van der Waals surface area (Å²) < 4.78 is 11.3. The summed E-state index contributed by atoms with van der Waals surface area (Å²) in [5, 5.41) is 10.6. The minimum Gasteiger partial charge on any atom is -0.463 e. The molecular formula is C18H28NO5+. The van der Waals surface area contributed by atoms with E-state index >= 15 is 0 Å². The van der Waals surface area contributed by atoms with Gasteiger partial charge in [0, 0.05) is 18.4 Å². The monoisotopic (exact) mass is 338 g/mol. The highest BCUT2D eigenvalue weighted by molar-refractivity contribution is 5.89. The summed E-state index contributed by atoms with van der Waals surface area (Å²) in [7, 11) is 0. The van der Waals surface area contributed by atoms with Crippen LogP contribution in [-0.2, 0) is 19.1 Å². The van der Waals surface area contributed by atoms with E-state index in [0.717, 1.165) is 25.9 Å². The molecule has 2 N–H and O–H groups in total. The predicted octanol–water partition coefficient (Wildman–Crippen LogP) is -0.144. The van der Waals surface area contributed by atoms with Crippen LogP contribution < -0.4 is 4.90 Å². The number of hydrogen-bond acceptors (Lipinski definition) is 5. The fraction of sp³-hybridized carbons (Fsp3) is 0.778. The molecular weight excluding hydrogens is 310 g/mol. The second-order valence-electron chi connectivity index (χ2n) is 7.63. The van der Waals surface area contributed by atoms with Gasteiger partial charge < -0.3 is 19.5 Å². The maximum Gasteiger partial charge on any atom is 0.338 e. The molecule has 3 fully saturated rings. The molecule has 6 nitrogen and oxygen atoms in total. The van der Waals surface area contributed by atoms with Crippen LogP contribution in [0.25, 0.3) is 0 Å². The zero-order chi connectivity index (χ0) is 17.5. The molecule has 0 bridgehead atoms. The van der Waals surface area contributed by atoms with Crippen molar-refractivity contribution in [3.05, 3.63) is 11.6 Å². The lowest BCUT2D eigenvalue weighted by atomic mass is 9.85. The topological polar surface area (TPSA) is 77.3 Å². The second-order valence-corrected chi connectivity index (χ2v) is 7.63. The summed E-state index contributed by atoms with van der Waals surface area (Å²) in [6, 6.07) is 0.196. The first-order chi connectivity index (χ1) is 11.3. The molecule has 0 aliphatic carbocycles. The van der Waals surface area contributed by atoms with E-state index in [0.29, 0.717) is 12.2 Å². The molecule has 0 amide bonds. The summed E-state index contributed by atoms with van der Waals surface area (Å²) >= 11 is 0. The molecule has 1 unspecified atom stereocenters. The van der Waals surface area contributed by atoms with Gasteiger partial charge in [0.15, 0.2) is 11.7 Å². The Morgan fingerprint density at radius 1 is 1.29 bits per heavy atom. The van der Waals surface area contributed by atoms with Gasteiger partial charge in [-0.05, 0) is 26.2 Å². The van der Waals surface area contributed by atoms with Crippen LogP contribution in [0.4, 0.5) is 0 Å². The van der Waals surface area contributed by atoms with E-state index in [1.807, 2.05) is 0 Å². The Balaban J connectivity index is 1.89. The number of hydrogen-bond donors (Lipinski definition) is 2. The number of cyclic esters (lactones) is 1. The molecule has 3 rings (SSSR count). The molecule has 3 aliphatic rings. The van der Waals surface area contributed by atoms with Crippen molar-refractivity contribution in [2.24, 2.45) is 11.8 Å². The van der Waals surface area contributed by atoms with Crippen LogP contribution in [0.1, 0.15) is 40.0 Å². The van der Waals surface area contributed by atoms with Gasteiger partial charge >= 0.3 is 11.9 Å². The van der Waals surface area contributed by atoms with Crippen LogP contribution in [-0.4, -0.2) is 54.5 Å². The minimum absolute atomic E-state index is 0.108. The number of aliphatic hydroxyl groups is 1. The number of esters is 2. The molecule has 3 heterocycles. The Hall–Kier alpha value is -1.40. The lowest BCUT2D eigenvalue weighted by molar-refractivity contribution is -0.902. The lowest BCUT2D eigenvalue weighted by Gasteiger charge is -2.31. The molecule has 134 valence electrons. The van der Waals surface area contributed by atoms with Crippen LogP contribution in [0.3, 0.4) is 0 Å². The first-order valence-electron chi connectivity index (χ1n) is 8.95. The number of allylic oxidation sites excluding steroid dienone is 1. The van der Waals surface area contributed by atoms with Gasteiger partial charge in [-0.1, -0.05) is 13.0 Å². The average molecular weight is 338 g/mol. The molecule has 0 aromatic rings. The summed E-state index contributed by atoms with van der Waals surface area (Å²) in [5.74, 6) is -1.16. The molecule has 6 heteroatoms. The fourth-order valence-corrected chi connectivity index (χ4v) is 4.33. The Kier molecular flexibility index (Phi) is 4.71. The summed E-state index contributed by atoms with van der Waals surface area (Å²) in [4.78, 5) is 26.4. The molecule has 0 spiro atoms. The normalized spacial score (nSPS) is 45.2. The number of rotatable bonds is 0. The molecule has 0 saturated carbocycles. The molecule has 24 heavy (non-hydrogen) atoms. The van der Waals surface area contributed by atoms with Gasteiger partial charge in [0.1, 0.15) is 12.6 Å². The third-order valence-electron chi connectivity index (χ3n) is 6.16. The first-order valence-corrected chi connectivity index (χ1v) is 8.95. The van der Waals surface area contributed by atoms with Gasteiger partial charge in [0.2, 0.25) is 0 Å². The number of nitrogens with one attached hydrogen (secondary N) is 1. The molecule has 3 saturated heterocycles. The molecule has 6 atom stereocenters. The number of carbonyl (C=O) groups excluding carboxylic acids is 2. The van der Waals surface area contributed by atoms with E-state index in [9.17, 15) is 14.7 Å². The van der Waals surface area contributed by atoms with Gasteiger partial charge in [-0.25, -0.2) is 9.59 Å². The van der Waals surface area contributed by atoms with Gasteiger partial charge in [-0.3, -0.25) is 0 Å². The smallest absolute Gasteiger partial charge is 0.338 e. The Bertz CT molecular complexity index is 556. The van der Waals surface area contributed by atoms with Gasteiger partial charge in [0.25, 0.3) is 0 Å². The maximum atomic E-state index is 12.6. The first kappa shape index (κ1) is 17.4. The van der Waals surface area contributed by atoms with E-state index in [1.54, 1.807) is 19.9 Å². The van der Waals surface area contributed by atoms with Crippen molar-refractivity contribution in [2.45, 2.75) is 57.8 Å². The summed E-state index contributed by atoms with van der Waals surface area (Å²) in [5.41, 5.74) is -1.10. The van der Waals surface area contributed by atoms with Crippen molar-refractivity contribution < 1.29 is 29.1 Å². The van der Waals surface area contributed by atoms with Crippen molar-refractivity contribution in [3.63, 3.8) is 0 Å². The van der Waals surface area contributed by atoms with E-state index < -0.39 is 17.5 Å². The van der Waals surface area contributed by atoms with Crippen molar-refractivity contribution in [3.8, 4) is 0 Å². The van der Waals surface area contributed by atoms with E-state index in [-0.39, 0.29) is 30.5 Å². The molecule has 0 aromatic heterocycles. The molecule has 0 radical (unpaired) electrons. The Morgan fingerprint density at radius 2 is 2.00 bits per heavy atom. The SMILES string of the molecule is C/C=C1/C[C@@H](C)[C@@](C)(O)C(=O)OC[C@@H]2CC[NH+]3CC[C@@H](OC1=O)[C@H]23. The standard InChI is InChI=1S/C18H27NO5/c1-4-12-9-11(2)18(3,22)17(21)23-10-13-5-7-19-8-6-14(15(13)19)24-16(12)20/h4,11,13-15,22H,5-10H2,1-3H3/p+1/b12-4-/t11-,13+,14-,15+,18-/m1/s1. The van der Waals surface area contributed by atoms with Gasteiger partial charge in [-0.15, -0.1) is 0 Å². The van der Waals surface area contributed by atoms with Crippen molar-refractivity contribution in [2.75, 3.05) is 19.7 Å². The molecule has 3 aliphatic heterocycles. The zero-order valence-corrected chi connectivity index (χ0v) is 14.7. The van der Waals surface area contributed by atoms with Crippen LogP contribution >= 0.6 is 0 Å². The summed E-state index contributed by atoms with van der Waals surface area (Å²) in [6.45, 7) is 7.31. The summed E-state index contributed by atoms with van der Waals surface area (Å²) in [6.07, 6.45) is 3.71. The number of carbonyl (C=O) groups is 2. The van der Waals surface area contributed by atoms with Crippen LogP contribution in [0.2, 0.25) is 0 Å². The van der Waals surface area contributed by atoms with Crippen LogP contribution in [0, 0.1) is 11.8 Å². The maximum absolute atomic E-state index is 12.6. The number of ether oxygens (including phenoxy) is 2. The third kappa shape index (κ3) is 2.97. The average Bonchev–Trinajstić information content (AvgIpc) is 3.12. The van der Waals surface area contributed by atoms with E-state index in [1.165, 1.54) is 11.8 Å². The van der Waals surface area contributed by atoms with E-state index in [2.05, 4.69) is 0 Å². The highest BCUT2D eigenvalue weighted by Gasteiger charge is 2.51. The quantitative estimate of drug-likeness (QED) is 0.475. The number of quaternary nitrogens is 1. The van der Waals surface area contributed by atoms with Crippen molar-refractivity contribution in [1.29, 1.82) is 0 Å². The minimum atomic E-state index is -1.62.